The number of nitrogens with zero attached hydrogens (tertiary/aromatic N) is 1. The van der Waals surface area contributed by atoms with Crippen LogP contribution in [0.3, 0.4) is 0 Å². The Morgan fingerprint density at radius 3 is 2.71 bits per heavy atom. The van der Waals surface area contributed by atoms with Gasteiger partial charge in [-0.05, 0) is 38.4 Å². The van der Waals surface area contributed by atoms with E-state index in [2.05, 4.69) is 17.1 Å². The monoisotopic (exact) mass is 310 g/mol. The lowest BCUT2D eigenvalue weighted by Crippen LogP contribution is -2.48. The van der Waals surface area contributed by atoms with Crippen LogP contribution in [0.25, 0.3) is 0 Å². The van der Waals surface area contributed by atoms with Crippen molar-refractivity contribution in [2.45, 2.75) is 38.8 Å². The van der Waals surface area contributed by atoms with Crippen LogP contribution in [0.15, 0.2) is 24.3 Å². The standard InChI is InChI=1S/C16H23ClN2O2/c1-3-19-10-8-13(9-11-19)18-16(20)12(2)21-15-7-5-4-6-14(15)17/h4-7,12-13H,3,8-11H2,1-2H3,(H,18,20)/t12-/m0/s1. The van der Waals surface area contributed by atoms with Crippen LogP contribution in [0.4, 0.5) is 0 Å². The molecule has 4 nitrogen and oxygen atoms in total. The Bertz CT molecular complexity index is 473. The second-order valence-corrected chi connectivity index (χ2v) is 5.81. The lowest BCUT2D eigenvalue weighted by Gasteiger charge is -2.32. The van der Waals surface area contributed by atoms with E-state index in [4.69, 9.17) is 16.3 Å². The first-order chi connectivity index (χ1) is 10.1. The fourth-order valence-corrected chi connectivity index (χ4v) is 2.68. The van der Waals surface area contributed by atoms with Gasteiger partial charge in [0.15, 0.2) is 6.10 Å². The number of benzene rings is 1. The fourth-order valence-electron chi connectivity index (χ4n) is 2.50. The Morgan fingerprint density at radius 2 is 2.10 bits per heavy atom. The minimum Gasteiger partial charge on any atom is -0.479 e. The summed E-state index contributed by atoms with van der Waals surface area (Å²) < 4.78 is 5.64. The van der Waals surface area contributed by atoms with E-state index in [9.17, 15) is 4.79 Å². The van der Waals surface area contributed by atoms with E-state index in [0.717, 1.165) is 32.5 Å². The van der Waals surface area contributed by atoms with Gasteiger partial charge in [-0.1, -0.05) is 30.7 Å². The Labute approximate surface area is 131 Å². The van der Waals surface area contributed by atoms with Crippen molar-refractivity contribution in [2.24, 2.45) is 0 Å². The number of hydrogen-bond donors (Lipinski definition) is 1. The molecule has 0 bridgehead atoms. The van der Waals surface area contributed by atoms with Crippen LogP contribution in [0.2, 0.25) is 5.02 Å². The highest BCUT2D eigenvalue weighted by atomic mass is 35.5. The van der Waals surface area contributed by atoms with Crippen LogP contribution in [-0.2, 0) is 4.79 Å². The highest BCUT2D eigenvalue weighted by Gasteiger charge is 2.23. The van der Waals surface area contributed by atoms with E-state index in [-0.39, 0.29) is 11.9 Å². The minimum atomic E-state index is -0.547. The molecular weight excluding hydrogens is 288 g/mol. The normalized spacial score (nSPS) is 18.2. The quantitative estimate of drug-likeness (QED) is 0.909. The molecule has 21 heavy (non-hydrogen) atoms. The third kappa shape index (κ3) is 4.61. The summed E-state index contributed by atoms with van der Waals surface area (Å²) >= 11 is 6.03. The number of likely N-dealkylation sites (tertiary alicyclic amines) is 1. The summed E-state index contributed by atoms with van der Waals surface area (Å²) in [5.74, 6) is 0.465. The molecule has 1 saturated heterocycles. The maximum atomic E-state index is 12.2. The number of nitrogens with one attached hydrogen (secondary N) is 1. The zero-order valence-corrected chi connectivity index (χ0v) is 13.4. The average molecular weight is 311 g/mol. The molecule has 5 heteroatoms. The molecule has 0 unspecified atom stereocenters. The van der Waals surface area contributed by atoms with E-state index in [1.54, 1.807) is 19.1 Å². The number of carbonyl (C=O) groups is 1. The summed E-state index contributed by atoms with van der Waals surface area (Å²) in [6, 6.07) is 7.44. The second-order valence-electron chi connectivity index (χ2n) is 5.41. The van der Waals surface area contributed by atoms with Crippen molar-refractivity contribution in [1.29, 1.82) is 0 Å². The van der Waals surface area contributed by atoms with Crippen molar-refractivity contribution < 1.29 is 9.53 Å². The molecule has 1 heterocycles. The van der Waals surface area contributed by atoms with Crippen LogP contribution in [0.5, 0.6) is 5.75 Å². The number of hydrogen-bond acceptors (Lipinski definition) is 3. The van der Waals surface area contributed by atoms with Crippen LogP contribution in [0.1, 0.15) is 26.7 Å². The number of rotatable bonds is 5. The molecule has 0 spiro atoms. The van der Waals surface area contributed by atoms with E-state index in [0.29, 0.717) is 10.8 Å². The lowest BCUT2D eigenvalue weighted by atomic mass is 10.0. The predicted octanol–water partition coefficient (Wildman–Crippen LogP) is 2.71. The molecular formula is C16H23ClN2O2. The summed E-state index contributed by atoms with van der Waals surface area (Å²) in [6.45, 7) is 7.08. The summed E-state index contributed by atoms with van der Waals surface area (Å²) in [5.41, 5.74) is 0. The average Bonchev–Trinajstić information content (AvgIpc) is 2.50. The molecule has 1 fully saturated rings. The topological polar surface area (TPSA) is 41.6 Å². The Kier molecular flexibility index (Phi) is 5.88. The zero-order chi connectivity index (χ0) is 15.2. The van der Waals surface area contributed by atoms with Gasteiger partial charge in [0.05, 0.1) is 5.02 Å². The van der Waals surface area contributed by atoms with Gasteiger partial charge in [0.1, 0.15) is 5.75 Å². The van der Waals surface area contributed by atoms with E-state index in [1.165, 1.54) is 0 Å². The molecule has 116 valence electrons. The molecule has 1 aromatic rings. The van der Waals surface area contributed by atoms with Gasteiger partial charge in [0.2, 0.25) is 0 Å². The Hall–Kier alpha value is -1.26. The number of halogens is 1. The molecule has 2 rings (SSSR count). The molecule has 0 aliphatic carbocycles. The van der Waals surface area contributed by atoms with Crippen LogP contribution >= 0.6 is 11.6 Å². The maximum Gasteiger partial charge on any atom is 0.260 e. The third-order valence-electron chi connectivity index (χ3n) is 3.89. The van der Waals surface area contributed by atoms with Crippen LogP contribution in [-0.4, -0.2) is 42.6 Å². The fraction of sp³-hybridized carbons (Fsp3) is 0.562. The summed E-state index contributed by atoms with van der Waals surface area (Å²) in [6.07, 6.45) is 1.45. The van der Waals surface area contributed by atoms with Gasteiger partial charge in [-0.25, -0.2) is 0 Å². The summed E-state index contributed by atoms with van der Waals surface area (Å²) in [5, 5.41) is 3.59. The van der Waals surface area contributed by atoms with Crippen molar-refractivity contribution >= 4 is 17.5 Å². The van der Waals surface area contributed by atoms with Crippen molar-refractivity contribution in [2.75, 3.05) is 19.6 Å². The zero-order valence-electron chi connectivity index (χ0n) is 12.6. The molecule has 0 saturated carbocycles. The summed E-state index contributed by atoms with van der Waals surface area (Å²) in [7, 11) is 0. The molecule has 1 amide bonds. The van der Waals surface area contributed by atoms with Gasteiger partial charge >= 0.3 is 0 Å². The first kappa shape index (κ1) is 16.1. The smallest absolute Gasteiger partial charge is 0.260 e. The van der Waals surface area contributed by atoms with Gasteiger partial charge in [-0.15, -0.1) is 0 Å². The maximum absolute atomic E-state index is 12.2. The van der Waals surface area contributed by atoms with Crippen molar-refractivity contribution in [1.82, 2.24) is 10.2 Å². The molecule has 1 aliphatic heterocycles. The van der Waals surface area contributed by atoms with Gasteiger partial charge in [-0.3, -0.25) is 4.79 Å². The van der Waals surface area contributed by atoms with Gasteiger partial charge in [-0.2, -0.15) is 0 Å². The highest BCUT2D eigenvalue weighted by Crippen LogP contribution is 2.24. The lowest BCUT2D eigenvalue weighted by molar-refractivity contribution is -0.128. The number of amides is 1. The SMILES string of the molecule is CCN1CCC(NC(=O)[C@H](C)Oc2ccccc2Cl)CC1. The second kappa shape index (κ2) is 7.66. The third-order valence-corrected chi connectivity index (χ3v) is 4.20. The van der Waals surface area contributed by atoms with Crippen molar-refractivity contribution in [3.05, 3.63) is 29.3 Å². The van der Waals surface area contributed by atoms with Gasteiger partial charge in [0.25, 0.3) is 5.91 Å². The van der Waals surface area contributed by atoms with Gasteiger partial charge in [0, 0.05) is 19.1 Å². The van der Waals surface area contributed by atoms with Crippen molar-refractivity contribution in [3.8, 4) is 5.75 Å². The largest absolute Gasteiger partial charge is 0.479 e. The molecule has 1 aliphatic rings. The molecule has 1 atom stereocenters. The molecule has 0 aromatic heterocycles. The predicted molar refractivity (Wildman–Crippen MR) is 84.8 cm³/mol. The minimum absolute atomic E-state index is 0.0788. The number of carbonyl (C=O) groups excluding carboxylic acids is 1. The first-order valence-electron chi connectivity index (χ1n) is 7.54. The van der Waals surface area contributed by atoms with E-state index >= 15 is 0 Å². The van der Waals surface area contributed by atoms with E-state index < -0.39 is 6.10 Å². The molecule has 1 N–H and O–H groups in total. The van der Waals surface area contributed by atoms with Gasteiger partial charge < -0.3 is 15.0 Å². The van der Waals surface area contributed by atoms with Crippen LogP contribution < -0.4 is 10.1 Å². The number of ether oxygens (including phenoxy) is 1. The highest BCUT2D eigenvalue weighted by molar-refractivity contribution is 6.32. The Balaban J connectivity index is 1.82. The van der Waals surface area contributed by atoms with Crippen LogP contribution in [0, 0.1) is 0 Å². The number of para-hydroxylation sites is 1. The van der Waals surface area contributed by atoms with E-state index in [1.807, 2.05) is 12.1 Å². The Morgan fingerprint density at radius 1 is 1.43 bits per heavy atom. The van der Waals surface area contributed by atoms with Crippen molar-refractivity contribution in [3.63, 3.8) is 0 Å². The first-order valence-corrected chi connectivity index (χ1v) is 7.92. The summed E-state index contributed by atoms with van der Waals surface area (Å²) in [4.78, 5) is 14.6. The molecule has 1 aromatic carbocycles. The molecule has 0 radical (unpaired) electrons. The number of piperidine rings is 1.